The van der Waals surface area contributed by atoms with E-state index < -0.39 is 0 Å². The zero-order valence-electron chi connectivity index (χ0n) is 17.6. The lowest BCUT2D eigenvalue weighted by molar-refractivity contribution is -0.122. The third kappa shape index (κ3) is 3.54. The lowest BCUT2D eigenvalue weighted by atomic mass is 9.48. The van der Waals surface area contributed by atoms with E-state index in [1.165, 1.54) is 38.5 Å². The molecule has 4 aliphatic rings. The van der Waals surface area contributed by atoms with Crippen LogP contribution in [0.25, 0.3) is 6.08 Å². The molecule has 28 heavy (non-hydrogen) atoms. The standard InChI is InChI=1S/C24H33NO3/c1-15(7-17-5-6-21(27-3)22(11-17)28-4)23(26)25-16(2)24-12-18-8-19(13-24)10-20(9-18)14-24/h5-7,11,16,18-20H,8-10,12-14H2,1-4H3,(H,25,26)/b15-7+. The second kappa shape index (κ2) is 7.46. The second-order valence-electron chi connectivity index (χ2n) is 9.42. The molecule has 4 nitrogen and oxygen atoms in total. The number of rotatable bonds is 6. The number of amides is 1. The summed E-state index contributed by atoms with van der Waals surface area (Å²) in [5, 5.41) is 3.34. The van der Waals surface area contributed by atoms with Gasteiger partial charge in [-0.05, 0) is 99.3 Å². The van der Waals surface area contributed by atoms with Crippen molar-refractivity contribution in [1.82, 2.24) is 5.32 Å². The minimum Gasteiger partial charge on any atom is -0.493 e. The fraction of sp³-hybridized carbons (Fsp3) is 0.625. The molecule has 1 unspecified atom stereocenters. The van der Waals surface area contributed by atoms with Crippen LogP contribution in [0.2, 0.25) is 0 Å². The van der Waals surface area contributed by atoms with E-state index in [1.807, 2.05) is 31.2 Å². The molecule has 0 radical (unpaired) electrons. The van der Waals surface area contributed by atoms with E-state index in [2.05, 4.69) is 12.2 Å². The summed E-state index contributed by atoms with van der Waals surface area (Å²) in [5.41, 5.74) is 1.99. The van der Waals surface area contributed by atoms with Crippen LogP contribution in [0.1, 0.15) is 57.9 Å². The van der Waals surface area contributed by atoms with Crippen LogP contribution >= 0.6 is 0 Å². The Morgan fingerprint density at radius 1 is 1.07 bits per heavy atom. The molecule has 4 fully saturated rings. The molecule has 0 saturated heterocycles. The van der Waals surface area contributed by atoms with E-state index in [-0.39, 0.29) is 11.9 Å². The molecular formula is C24H33NO3. The van der Waals surface area contributed by atoms with Crippen molar-refractivity contribution in [2.75, 3.05) is 14.2 Å². The van der Waals surface area contributed by atoms with Gasteiger partial charge >= 0.3 is 0 Å². The van der Waals surface area contributed by atoms with Crippen molar-refractivity contribution in [3.05, 3.63) is 29.3 Å². The van der Waals surface area contributed by atoms with E-state index in [1.54, 1.807) is 14.2 Å². The van der Waals surface area contributed by atoms with E-state index in [9.17, 15) is 4.79 Å². The quantitative estimate of drug-likeness (QED) is 0.716. The molecule has 1 atom stereocenters. The third-order valence-corrected chi connectivity index (χ3v) is 7.50. The molecule has 152 valence electrons. The van der Waals surface area contributed by atoms with Crippen LogP contribution in [0, 0.1) is 23.2 Å². The molecular weight excluding hydrogens is 350 g/mol. The zero-order valence-corrected chi connectivity index (χ0v) is 17.6. The maximum absolute atomic E-state index is 12.9. The van der Waals surface area contributed by atoms with E-state index >= 15 is 0 Å². The molecule has 0 aromatic heterocycles. The number of ether oxygens (including phenoxy) is 2. The summed E-state index contributed by atoms with van der Waals surface area (Å²) < 4.78 is 10.7. The summed E-state index contributed by atoms with van der Waals surface area (Å²) in [5.74, 6) is 4.10. The maximum Gasteiger partial charge on any atom is 0.247 e. The van der Waals surface area contributed by atoms with Crippen molar-refractivity contribution in [2.45, 2.75) is 58.4 Å². The lowest BCUT2D eigenvalue weighted by Crippen LogP contribution is -2.55. The van der Waals surface area contributed by atoms with Crippen molar-refractivity contribution in [2.24, 2.45) is 23.2 Å². The van der Waals surface area contributed by atoms with Crippen LogP contribution in [-0.4, -0.2) is 26.2 Å². The molecule has 0 aliphatic heterocycles. The first-order valence-electron chi connectivity index (χ1n) is 10.6. The number of hydrogen-bond donors (Lipinski definition) is 1. The Morgan fingerprint density at radius 2 is 1.64 bits per heavy atom. The molecule has 0 spiro atoms. The van der Waals surface area contributed by atoms with Gasteiger partial charge in [-0.15, -0.1) is 0 Å². The highest BCUT2D eigenvalue weighted by Gasteiger charge is 2.53. The molecule has 0 heterocycles. The molecule has 5 rings (SSSR count). The van der Waals surface area contributed by atoms with Gasteiger partial charge in [-0.2, -0.15) is 0 Å². The molecule has 1 aromatic rings. The third-order valence-electron chi connectivity index (χ3n) is 7.50. The van der Waals surface area contributed by atoms with Gasteiger partial charge in [-0.1, -0.05) is 6.07 Å². The first kappa shape index (κ1) is 19.4. The zero-order chi connectivity index (χ0) is 19.9. The van der Waals surface area contributed by atoms with Gasteiger partial charge in [-0.3, -0.25) is 4.79 Å². The predicted molar refractivity (Wildman–Crippen MR) is 111 cm³/mol. The summed E-state index contributed by atoms with van der Waals surface area (Å²) in [6.45, 7) is 4.12. The predicted octanol–water partition coefficient (Wildman–Crippen LogP) is 4.83. The van der Waals surface area contributed by atoms with E-state index in [0.29, 0.717) is 16.9 Å². The summed E-state index contributed by atoms with van der Waals surface area (Å²) in [7, 11) is 3.25. The van der Waals surface area contributed by atoms with Crippen LogP contribution < -0.4 is 14.8 Å². The topological polar surface area (TPSA) is 47.6 Å². The molecule has 4 saturated carbocycles. The minimum absolute atomic E-state index is 0.0398. The van der Waals surface area contributed by atoms with Gasteiger partial charge in [0.25, 0.3) is 0 Å². The van der Waals surface area contributed by atoms with Gasteiger partial charge < -0.3 is 14.8 Å². The molecule has 4 bridgehead atoms. The summed E-state index contributed by atoms with van der Waals surface area (Å²) in [4.78, 5) is 12.9. The Bertz CT molecular complexity index is 747. The molecule has 1 aromatic carbocycles. The van der Waals surface area contributed by atoms with Gasteiger partial charge in [-0.25, -0.2) is 0 Å². The van der Waals surface area contributed by atoms with Crippen LogP contribution in [-0.2, 0) is 4.79 Å². The Hall–Kier alpha value is -1.97. The summed E-state index contributed by atoms with van der Waals surface area (Å²) in [6, 6.07) is 5.95. The fourth-order valence-electron chi connectivity index (χ4n) is 6.43. The highest BCUT2D eigenvalue weighted by atomic mass is 16.5. The second-order valence-corrected chi connectivity index (χ2v) is 9.42. The Kier molecular flexibility index (Phi) is 5.15. The molecule has 4 heteroatoms. The smallest absolute Gasteiger partial charge is 0.247 e. The minimum atomic E-state index is 0.0398. The van der Waals surface area contributed by atoms with Crippen LogP contribution in [0.5, 0.6) is 11.5 Å². The normalized spacial score (nSPS) is 32.1. The number of benzene rings is 1. The van der Waals surface area contributed by atoms with Crippen LogP contribution in [0.4, 0.5) is 0 Å². The van der Waals surface area contributed by atoms with Crippen LogP contribution in [0.3, 0.4) is 0 Å². The van der Waals surface area contributed by atoms with Crippen LogP contribution in [0.15, 0.2) is 23.8 Å². The number of methoxy groups -OCH3 is 2. The van der Waals surface area contributed by atoms with Crippen molar-refractivity contribution in [3.63, 3.8) is 0 Å². The largest absolute Gasteiger partial charge is 0.493 e. The Morgan fingerprint density at radius 3 is 2.18 bits per heavy atom. The van der Waals surface area contributed by atoms with Crippen molar-refractivity contribution >= 4 is 12.0 Å². The Labute approximate surface area is 168 Å². The van der Waals surface area contributed by atoms with Gasteiger partial charge in [0.1, 0.15) is 0 Å². The first-order valence-corrected chi connectivity index (χ1v) is 10.6. The van der Waals surface area contributed by atoms with Crippen molar-refractivity contribution in [1.29, 1.82) is 0 Å². The van der Waals surface area contributed by atoms with Crippen molar-refractivity contribution in [3.8, 4) is 11.5 Å². The molecule has 1 N–H and O–H groups in total. The summed E-state index contributed by atoms with van der Waals surface area (Å²) in [6.07, 6.45) is 10.1. The first-order chi connectivity index (χ1) is 13.4. The maximum atomic E-state index is 12.9. The SMILES string of the molecule is COc1ccc(/C=C(\C)C(=O)NC(C)C23CC4CC(CC(C4)C2)C3)cc1OC. The number of hydrogen-bond acceptors (Lipinski definition) is 3. The van der Waals surface area contributed by atoms with Gasteiger partial charge in [0.2, 0.25) is 5.91 Å². The van der Waals surface area contributed by atoms with Crippen molar-refractivity contribution < 1.29 is 14.3 Å². The Balaban J connectivity index is 1.45. The van der Waals surface area contributed by atoms with Gasteiger partial charge in [0.15, 0.2) is 11.5 Å². The molecule has 1 amide bonds. The number of carbonyl (C=O) groups is 1. The lowest BCUT2D eigenvalue weighted by Gasteiger charge is -2.59. The average molecular weight is 384 g/mol. The molecule has 4 aliphatic carbocycles. The average Bonchev–Trinajstić information content (AvgIpc) is 2.66. The van der Waals surface area contributed by atoms with E-state index in [0.717, 1.165) is 28.9 Å². The van der Waals surface area contributed by atoms with Gasteiger partial charge in [0.05, 0.1) is 14.2 Å². The fourth-order valence-corrected chi connectivity index (χ4v) is 6.43. The van der Waals surface area contributed by atoms with E-state index in [4.69, 9.17) is 9.47 Å². The van der Waals surface area contributed by atoms with Gasteiger partial charge in [0, 0.05) is 11.6 Å². The summed E-state index contributed by atoms with van der Waals surface area (Å²) >= 11 is 0. The highest BCUT2D eigenvalue weighted by Crippen LogP contribution is 2.61. The highest BCUT2D eigenvalue weighted by molar-refractivity contribution is 5.97. The number of nitrogens with one attached hydrogen (secondary N) is 1. The number of carbonyl (C=O) groups excluding carboxylic acids is 1. The monoisotopic (exact) mass is 383 g/mol.